The Morgan fingerprint density at radius 2 is 1.82 bits per heavy atom. The van der Waals surface area contributed by atoms with Gasteiger partial charge in [0, 0.05) is 17.3 Å². The second-order valence-electron chi connectivity index (χ2n) is 4.51. The molecule has 22 heavy (non-hydrogen) atoms. The Morgan fingerprint density at radius 1 is 1.14 bits per heavy atom. The maximum atomic E-state index is 11.8. The van der Waals surface area contributed by atoms with Crippen molar-refractivity contribution in [1.29, 1.82) is 0 Å². The molecule has 1 aromatic carbocycles. The molecule has 120 valence electrons. The van der Waals surface area contributed by atoms with Gasteiger partial charge in [-0.25, -0.2) is 4.79 Å². The lowest BCUT2D eigenvalue weighted by Crippen LogP contribution is -2.43. The van der Waals surface area contributed by atoms with Crippen molar-refractivity contribution in [3.8, 4) is 0 Å². The number of halogens is 1. The van der Waals surface area contributed by atoms with E-state index < -0.39 is 23.9 Å². The number of nitrogens with one attached hydrogen (secondary N) is 1. The van der Waals surface area contributed by atoms with Crippen LogP contribution in [0.15, 0.2) is 28.7 Å². The Balaban J connectivity index is 2.69. The molecule has 1 atom stereocenters. The van der Waals surface area contributed by atoms with E-state index in [0.717, 1.165) is 10.0 Å². The maximum absolute atomic E-state index is 11.8. The number of carbonyl (C=O) groups is 3. The lowest BCUT2D eigenvalue weighted by Gasteiger charge is -2.17. The van der Waals surface area contributed by atoms with Gasteiger partial charge < -0.3 is 14.8 Å². The van der Waals surface area contributed by atoms with Crippen molar-refractivity contribution in [2.24, 2.45) is 0 Å². The average Bonchev–Trinajstić information content (AvgIpc) is 2.53. The Bertz CT molecular complexity index is 546. The van der Waals surface area contributed by atoms with Crippen LogP contribution >= 0.6 is 15.9 Å². The fraction of sp³-hybridized carbons (Fsp3) is 0.400. The highest BCUT2D eigenvalue weighted by atomic mass is 79.9. The summed E-state index contributed by atoms with van der Waals surface area (Å²) in [5.74, 6) is -1.43. The smallest absolute Gasteiger partial charge is 0.328 e. The third-order valence-corrected chi connectivity index (χ3v) is 3.76. The quantitative estimate of drug-likeness (QED) is 0.736. The number of methoxy groups -OCH3 is 2. The number of ether oxygens (including phenoxy) is 2. The highest BCUT2D eigenvalue weighted by Gasteiger charge is 2.23. The number of amides is 1. The molecule has 6 nitrogen and oxygen atoms in total. The Kier molecular flexibility index (Phi) is 7.59. The highest BCUT2D eigenvalue weighted by Crippen LogP contribution is 2.18. The van der Waals surface area contributed by atoms with Gasteiger partial charge in [0.15, 0.2) is 0 Å². The van der Waals surface area contributed by atoms with Crippen molar-refractivity contribution in [1.82, 2.24) is 5.32 Å². The molecule has 0 radical (unpaired) electrons. The van der Waals surface area contributed by atoms with Gasteiger partial charge in [-0.2, -0.15) is 0 Å². The second kappa shape index (κ2) is 9.19. The minimum absolute atomic E-state index is 0.0365. The summed E-state index contributed by atoms with van der Waals surface area (Å²) in [6.45, 7) is 0. The molecule has 0 aromatic heterocycles. The third kappa shape index (κ3) is 5.85. The fourth-order valence-corrected chi connectivity index (χ4v) is 2.25. The number of hydrogen-bond donors (Lipinski definition) is 1. The molecular formula is C15H18BrNO5. The fourth-order valence-electron chi connectivity index (χ4n) is 1.80. The van der Waals surface area contributed by atoms with E-state index >= 15 is 0 Å². The van der Waals surface area contributed by atoms with Crippen molar-refractivity contribution in [3.05, 3.63) is 34.3 Å². The zero-order chi connectivity index (χ0) is 16.5. The third-order valence-electron chi connectivity index (χ3n) is 2.99. The molecule has 7 heteroatoms. The number of benzene rings is 1. The highest BCUT2D eigenvalue weighted by molar-refractivity contribution is 9.10. The van der Waals surface area contributed by atoms with E-state index in [4.69, 9.17) is 4.74 Å². The molecule has 0 saturated carbocycles. The predicted molar refractivity (Wildman–Crippen MR) is 83.0 cm³/mol. The van der Waals surface area contributed by atoms with Crippen LogP contribution in [0.25, 0.3) is 0 Å². The van der Waals surface area contributed by atoms with Gasteiger partial charge in [-0.1, -0.05) is 34.1 Å². The summed E-state index contributed by atoms with van der Waals surface area (Å²) in [6, 6.07) is 6.58. The van der Waals surface area contributed by atoms with Crippen LogP contribution in [0.2, 0.25) is 0 Å². The van der Waals surface area contributed by atoms with Crippen LogP contribution in [0.1, 0.15) is 18.4 Å². The first-order chi connectivity index (χ1) is 10.5. The van der Waals surface area contributed by atoms with Crippen LogP contribution in [0.4, 0.5) is 0 Å². The largest absolute Gasteiger partial charge is 0.469 e. The van der Waals surface area contributed by atoms with Crippen LogP contribution in [-0.4, -0.2) is 38.1 Å². The van der Waals surface area contributed by atoms with E-state index in [1.54, 1.807) is 0 Å². The molecule has 1 aromatic rings. The molecule has 0 spiro atoms. The summed E-state index contributed by atoms with van der Waals surface area (Å²) in [4.78, 5) is 34.7. The SMILES string of the molecule is COC(=O)CCC(=O)N[C@@H](Cc1ccccc1Br)C(=O)OC. The van der Waals surface area contributed by atoms with Crippen molar-refractivity contribution < 1.29 is 23.9 Å². The summed E-state index contributed by atoms with van der Waals surface area (Å²) >= 11 is 3.40. The summed E-state index contributed by atoms with van der Waals surface area (Å²) in [6.07, 6.45) is 0.208. The number of esters is 2. The Morgan fingerprint density at radius 3 is 2.41 bits per heavy atom. The molecule has 0 aliphatic carbocycles. The second-order valence-corrected chi connectivity index (χ2v) is 5.37. The van der Waals surface area contributed by atoms with Crippen LogP contribution in [0.5, 0.6) is 0 Å². The molecule has 0 heterocycles. The zero-order valence-electron chi connectivity index (χ0n) is 12.4. The molecule has 0 saturated heterocycles. The van der Waals surface area contributed by atoms with Crippen LogP contribution in [-0.2, 0) is 30.3 Å². The van der Waals surface area contributed by atoms with E-state index in [9.17, 15) is 14.4 Å². The summed E-state index contributed by atoms with van der Waals surface area (Å²) in [5, 5.41) is 2.58. The Labute approximate surface area is 137 Å². The normalized spacial score (nSPS) is 11.4. The molecule has 1 rings (SSSR count). The number of hydrogen-bond acceptors (Lipinski definition) is 5. The first-order valence-electron chi connectivity index (χ1n) is 6.65. The van der Waals surface area contributed by atoms with Gasteiger partial charge in [0.25, 0.3) is 0 Å². The van der Waals surface area contributed by atoms with Crippen LogP contribution in [0, 0.1) is 0 Å². The van der Waals surface area contributed by atoms with E-state index in [1.165, 1.54) is 14.2 Å². The van der Waals surface area contributed by atoms with E-state index in [1.807, 2.05) is 24.3 Å². The standard InChI is InChI=1S/C15H18BrNO5/c1-21-14(19)8-7-13(18)17-12(15(20)22-2)9-10-5-3-4-6-11(10)16/h3-6,12H,7-9H2,1-2H3,(H,17,18)/t12-/m0/s1. The van der Waals surface area contributed by atoms with Crippen molar-refractivity contribution in [2.45, 2.75) is 25.3 Å². The summed E-state index contributed by atoms with van der Waals surface area (Å²) < 4.78 is 10.0. The first kappa shape index (κ1) is 18.2. The average molecular weight is 372 g/mol. The minimum Gasteiger partial charge on any atom is -0.469 e. The van der Waals surface area contributed by atoms with E-state index in [-0.39, 0.29) is 19.3 Å². The Hall–Kier alpha value is -1.89. The molecule has 1 N–H and O–H groups in total. The van der Waals surface area contributed by atoms with Crippen LogP contribution in [0.3, 0.4) is 0 Å². The monoisotopic (exact) mass is 371 g/mol. The van der Waals surface area contributed by atoms with Crippen molar-refractivity contribution in [3.63, 3.8) is 0 Å². The van der Waals surface area contributed by atoms with Crippen molar-refractivity contribution in [2.75, 3.05) is 14.2 Å². The first-order valence-corrected chi connectivity index (χ1v) is 7.44. The lowest BCUT2D eigenvalue weighted by atomic mass is 10.1. The molecule has 1 amide bonds. The predicted octanol–water partition coefficient (Wildman–Crippen LogP) is 1.60. The molecule has 0 unspecified atom stereocenters. The van der Waals surface area contributed by atoms with Gasteiger partial charge in [0.2, 0.25) is 5.91 Å². The van der Waals surface area contributed by atoms with Crippen molar-refractivity contribution >= 4 is 33.8 Å². The molecule has 0 aliphatic heterocycles. The molecular weight excluding hydrogens is 354 g/mol. The molecule has 0 bridgehead atoms. The maximum Gasteiger partial charge on any atom is 0.328 e. The van der Waals surface area contributed by atoms with Gasteiger partial charge in [0.05, 0.1) is 20.6 Å². The van der Waals surface area contributed by atoms with Gasteiger partial charge in [-0.3, -0.25) is 9.59 Å². The van der Waals surface area contributed by atoms with Gasteiger partial charge in [-0.15, -0.1) is 0 Å². The van der Waals surface area contributed by atoms with Gasteiger partial charge >= 0.3 is 11.9 Å². The van der Waals surface area contributed by atoms with E-state index in [0.29, 0.717) is 0 Å². The number of rotatable bonds is 7. The molecule has 0 fully saturated rings. The van der Waals surface area contributed by atoms with E-state index in [2.05, 4.69) is 26.0 Å². The van der Waals surface area contributed by atoms with Crippen LogP contribution < -0.4 is 5.32 Å². The summed E-state index contributed by atoms with van der Waals surface area (Å²) in [7, 11) is 2.51. The lowest BCUT2D eigenvalue weighted by molar-refractivity contribution is -0.145. The number of carbonyl (C=O) groups excluding carboxylic acids is 3. The topological polar surface area (TPSA) is 81.7 Å². The minimum atomic E-state index is -0.811. The molecule has 0 aliphatic rings. The van der Waals surface area contributed by atoms with Gasteiger partial charge in [0.1, 0.15) is 6.04 Å². The van der Waals surface area contributed by atoms with Gasteiger partial charge in [-0.05, 0) is 11.6 Å². The summed E-state index contributed by atoms with van der Waals surface area (Å²) in [5.41, 5.74) is 0.867. The zero-order valence-corrected chi connectivity index (χ0v) is 14.0.